The van der Waals surface area contributed by atoms with E-state index in [2.05, 4.69) is 15.9 Å². The highest BCUT2D eigenvalue weighted by molar-refractivity contribution is 5.91. The van der Waals surface area contributed by atoms with Crippen molar-refractivity contribution in [1.29, 1.82) is 5.26 Å². The van der Waals surface area contributed by atoms with Crippen molar-refractivity contribution >= 4 is 12.3 Å². The fraction of sp³-hybridized carbons (Fsp3) is 0.0526. The van der Waals surface area contributed by atoms with Crippen LogP contribution in [0.3, 0.4) is 0 Å². The second kappa shape index (κ2) is 6.81. The molecule has 0 aliphatic carbocycles. The molecule has 6 nitrogen and oxygen atoms in total. The van der Waals surface area contributed by atoms with Crippen LogP contribution in [0.25, 0.3) is 16.9 Å². The first-order valence-corrected chi connectivity index (χ1v) is 7.40. The molecule has 0 radical (unpaired) electrons. The first kappa shape index (κ1) is 16.1. The Kier molecular flexibility index (Phi) is 4.40. The molecule has 0 fully saturated rings. The molecule has 3 rings (SSSR count). The van der Waals surface area contributed by atoms with Gasteiger partial charge in [-0.05, 0) is 36.4 Å². The number of nitriles is 1. The molecule has 6 heteroatoms. The standard InChI is InChI=1S/C19H13N3O3/c1-25-19(24)15-6-4-14(5-7-15)18-16(12-23)11-22(21-18)17-8-2-13(10-20)3-9-17/h2-9,11-12H,1H3. The van der Waals surface area contributed by atoms with Gasteiger partial charge in [0.25, 0.3) is 0 Å². The van der Waals surface area contributed by atoms with E-state index in [1.807, 2.05) is 0 Å². The Morgan fingerprint density at radius 2 is 1.84 bits per heavy atom. The molecular weight excluding hydrogens is 318 g/mol. The highest BCUT2D eigenvalue weighted by atomic mass is 16.5. The minimum Gasteiger partial charge on any atom is -0.465 e. The third-order valence-corrected chi connectivity index (χ3v) is 3.71. The third kappa shape index (κ3) is 3.16. The number of hydrogen-bond acceptors (Lipinski definition) is 5. The van der Waals surface area contributed by atoms with Crippen molar-refractivity contribution < 1.29 is 14.3 Å². The Hall–Kier alpha value is -3.72. The van der Waals surface area contributed by atoms with E-state index in [0.717, 1.165) is 12.0 Å². The predicted molar refractivity (Wildman–Crippen MR) is 90.4 cm³/mol. The monoisotopic (exact) mass is 331 g/mol. The Morgan fingerprint density at radius 1 is 1.16 bits per heavy atom. The second-order valence-corrected chi connectivity index (χ2v) is 5.22. The molecule has 1 aromatic heterocycles. The Bertz CT molecular complexity index is 965. The molecule has 0 saturated heterocycles. The van der Waals surface area contributed by atoms with Gasteiger partial charge < -0.3 is 4.74 Å². The van der Waals surface area contributed by atoms with Crippen molar-refractivity contribution in [2.45, 2.75) is 0 Å². The van der Waals surface area contributed by atoms with Gasteiger partial charge in [-0.2, -0.15) is 10.4 Å². The molecule has 3 aromatic rings. The fourth-order valence-corrected chi connectivity index (χ4v) is 2.40. The van der Waals surface area contributed by atoms with E-state index in [0.29, 0.717) is 27.9 Å². The summed E-state index contributed by atoms with van der Waals surface area (Å²) in [7, 11) is 1.32. The van der Waals surface area contributed by atoms with Gasteiger partial charge in [0.05, 0.1) is 35.6 Å². The second-order valence-electron chi connectivity index (χ2n) is 5.22. The van der Waals surface area contributed by atoms with Crippen molar-refractivity contribution in [2.75, 3.05) is 7.11 Å². The van der Waals surface area contributed by atoms with Crippen LogP contribution in [0.15, 0.2) is 54.7 Å². The topological polar surface area (TPSA) is 85.0 Å². The van der Waals surface area contributed by atoms with Gasteiger partial charge in [-0.1, -0.05) is 12.1 Å². The molecule has 0 aliphatic rings. The summed E-state index contributed by atoms with van der Waals surface area (Å²) in [5, 5.41) is 13.3. The molecule has 1 heterocycles. The van der Waals surface area contributed by atoms with Crippen molar-refractivity contribution in [2.24, 2.45) is 0 Å². The summed E-state index contributed by atoms with van der Waals surface area (Å²) in [4.78, 5) is 22.9. The van der Waals surface area contributed by atoms with Crippen LogP contribution in [-0.2, 0) is 4.74 Å². The Balaban J connectivity index is 1.99. The van der Waals surface area contributed by atoms with Gasteiger partial charge in [-0.15, -0.1) is 0 Å². The number of carbonyl (C=O) groups excluding carboxylic acids is 2. The average Bonchev–Trinajstić information content (AvgIpc) is 3.12. The van der Waals surface area contributed by atoms with E-state index < -0.39 is 5.97 Å². The lowest BCUT2D eigenvalue weighted by atomic mass is 10.1. The van der Waals surface area contributed by atoms with E-state index in [9.17, 15) is 9.59 Å². The van der Waals surface area contributed by atoms with Crippen LogP contribution >= 0.6 is 0 Å². The molecule has 122 valence electrons. The predicted octanol–water partition coefficient (Wildman–Crippen LogP) is 3.01. The lowest BCUT2D eigenvalue weighted by Crippen LogP contribution is -2.00. The zero-order chi connectivity index (χ0) is 17.8. The summed E-state index contributed by atoms with van der Waals surface area (Å²) < 4.78 is 6.25. The number of carbonyl (C=O) groups is 2. The van der Waals surface area contributed by atoms with Crippen LogP contribution < -0.4 is 0 Å². The van der Waals surface area contributed by atoms with E-state index in [4.69, 9.17) is 5.26 Å². The lowest BCUT2D eigenvalue weighted by Gasteiger charge is -2.02. The van der Waals surface area contributed by atoms with Gasteiger partial charge in [0.15, 0.2) is 6.29 Å². The van der Waals surface area contributed by atoms with Gasteiger partial charge >= 0.3 is 5.97 Å². The third-order valence-electron chi connectivity index (χ3n) is 3.71. The average molecular weight is 331 g/mol. The van der Waals surface area contributed by atoms with Crippen molar-refractivity contribution in [3.63, 3.8) is 0 Å². The summed E-state index contributed by atoms with van der Waals surface area (Å²) >= 11 is 0. The van der Waals surface area contributed by atoms with E-state index in [1.165, 1.54) is 7.11 Å². The van der Waals surface area contributed by atoms with Crippen molar-refractivity contribution in [3.05, 3.63) is 71.4 Å². The zero-order valence-electron chi connectivity index (χ0n) is 13.3. The summed E-state index contributed by atoms with van der Waals surface area (Å²) in [5.41, 5.74) is 3.35. The first-order valence-electron chi connectivity index (χ1n) is 7.40. The highest BCUT2D eigenvalue weighted by Gasteiger charge is 2.13. The molecule has 0 N–H and O–H groups in total. The number of hydrogen-bond donors (Lipinski definition) is 0. The minimum atomic E-state index is -0.426. The van der Waals surface area contributed by atoms with E-state index in [1.54, 1.807) is 59.4 Å². The maximum atomic E-state index is 11.5. The van der Waals surface area contributed by atoms with Crippen molar-refractivity contribution in [3.8, 4) is 23.0 Å². The maximum absolute atomic E-state index is 11.5. The lowest BCUT2D eigenvalue weighted by molar-refractivity contribution is 0.0600. The van der Waals surface area contributed by atoms with Gasteiger partial charge in [-0.25, -0.2) is 9.48 Å². The van der Waals surface area contributed by atoms with Crippen molar-refractivity contribution in [1.82, 2.24) is 9.78 Å². The number of aromatic nitrogens is 2. The largest absolute Gasteiger partial charge is 0.465 e. The Morgan fingerprint density at radius 3 is 2.40 bits per heavy atom. The number of aldehydes is 1. The first-order chi connectivity index (χ1) is 12.2. The van der Waals surface area contributed by atoms with Crippen LogP contribution in [0.5, 0.6) is 0 Å². The zero-order valence-corrected chi connectivity index (χ0v) is 13.3. The quantitative estimate of drug-likeness (QED) is 0.542. The van der Waals surface area contributed by atoms with Crippen LogP contribution in [0, 0.1) is 11.3 Å². The molecule has 25 heavy (non-hydrogen) atoms. The van der Waals surface area contributed by atoms with E-state index in [-0.39, 0.29) is 0 Å². The molecule has 0 amide bonds. The van der Waals surface area contributed by atoms with Crippen LogP contribution in [0.1, 0.15) is 26.3 Å². The van der Waals surface area contributed by atoms with E-state index >= 15 is 0 Å². The number of methoxy groups -OCH3 is 1. The number of ether oxygens (including phenoxy) is 1. The van der Waals surface area contributed by atoms with Gasteiger partial charge in [-0.3, -0.25) is 4.79 Å². The fourth-order valence-electron chi connectivity index (χ4n) is 2.40. The molecule has 0 atom stereocenters. The molecule has 0 unspecified atom stereocenters. The molecule has 0 aliphatic heterocycles. The smallest absolute Gasteiger partial charge is 0.337 e. The molecule has 0 saturated carbocycles. The van der Waals surface area contributed by atoms with Gasteiger partial charge in [0.2, 0.25) is 0 Å². The number of rotatable bonds is 4. The Labute approximate surface area is 143 Å². The molecule has 0 bridgehead atoms. The highest BCUT2D eigenvalue weighted by Crippen LogP contribution is 2.23. The maximum Gasteiger partial charge on any atom is 0.337 e. The summed E-state index contributed by atoms with van der Waals surface area (Å²) in [6.45, 7) is 0. The number of benzene rings is 2. The summed E-state index contributed by atoms with van der Waals surface area (Å²) in [6, 6.07) is 15.6. The molecule has 2 aromatic carbocycles. The summed E-state index contributed by atoms with van der Waals surface area (Å²) in [5.74, 6) is -0.426. The van der Waals surface area contributed by atoms with Crippen LogP contribution in [0.2, 0.25) is 0 Å². The number of esters is 1. The van der Waals surface area contributed by atoms with Gasteiger partial charge in [0, 0.05) is 11.8 Å². The summed E-state index contributed by atoms with van der Waals surface area (Å²) in [6.07, 6.45) is 2.36. The van der Waals surface area contributed by atoms with Crippen LogP contribution in [-0.4, -0.2) is 29.1 Å². The van der Waals surface area contributed by atoms with Gasteiger partial charge in [0.1, 0.15) is 5.69 Å². The normalized spacial score (nSPS) is 10.1. The van der Waals surface area contributed by atoms with Crippen LogP contribution in [0.4, 0.5) is 0 Å². The minimum absolute atomic E-state index is 0.422. The SMILES string of the molecule is COC(=O)c1ccc(-c2nn(-c3ccc(C#N)cc3)cc2C=O)cc1. The molecular formula is C19H13N3O3. The number of nitrogens with zero attached hydrogens (tertiary/aromatic N) is 3. The molecule has 0 spiro atoms.